The van der Waals surface area contributed by atoms with E-state index in [-0.39, 0.29) is 11.2 Å². The molecule has 0 bridgehead atoms. The molecule has 1 N–H and O–H groups in total. The molecule has 1 aromatic rings. The van der Waals surface area contributed by atoms with Crippen LogP contribution >= 0.6 is 23.2 Å². The summed E-state index contributed by atoms with van der Waals surface area (Å²) >= 11 is 11.6. The summed E-state index contributed by atoms with van der Waals surface area (Å²) in [7, 11) is 0. The lowest BCUT2D eigenvalue weighted by Gasteiger charge is -2.18. The normalized spacial score (nSPS) is 11.8. The third-order valence-corrected chi connectivity index (χ3v) is 2.39. The topological polar surface area (TPSA) is 20.2 Å². The van der Waals surface area contributed by atoms with Gasteiger partial charge >= 0.3 is 0 Å². The molecule has 0 radical (unpaired) electrons. The fraction of sp³-hybridized carbons (Fsp3) is 0.455. The quantitative estimate of drug-likeness (QED) is 0.767. The van der Waals surface area contributed by atoms with Crippen molar-refractivity contribution in [2.75, 3.05) is 0 Å². The molecule has 0 amide bonds. The van der Waals surface area contributed by atoms with Crippen LogP contribution in [0.2, 0.25) is 10.0 Å². The number of rotatable bonds is 1. The Bertz CT molecular complexity index is 317. The summed E-state index contributed by atoms with van der Waals surface area (Å²) < 4.78 is 0. The zero-order chi connectivity index (χ0) is 10.9. The van der Waals surface area contributed by atoms with Gasteiger partial charge in [-0.1, -0.05) is 44.0 Å². The maximum atomic E-state index is 9.37. The molecule has 14 heavy (non-hydrogen) atoms. The number of hydrogen-bond donors (Lipinski definition) is 1. The number of aromatic hydroxyl groups is 1. The van der Waals surface area contributed by atoms with Gasteiger partial charge in [0.25, 0.3) is 0 Å². The van der Waals surface area contributed by atoms with E-state index >= 15 is 0 Å². The van der Waals surface area contributed by atoms with Gasteiger partial charge in [-0.3, -0.25) is 0 Å². The highest BCUT2D eigenvalue weighted by Gasteiger charge is 2.14. The molecule has 1 rings (SSSR count). The second-order valence-corrected chi connectivity index (χ2v) is 5.46. The zero-order valence-electron chi connectivity index (χ0n) is 8.56. The van der Waals surface area contributed by atoms with Crippen molar-refractivity contribution < 1.29 is 5.11 Å². The minimum Gasteiger partial charge on any atom is -0.505 e. The first-order valence-corrected chi connectivity index (χ1v) is 5.22. The molecule has 1 nitrogen and oxygen atoms in total. The molecule has 0 aromatic heterocycles. The lowest BCUT2D eigenvalue weighted by Crippen LogP contribution is -2.08. The molecule has 0 aliphatic rings. The van der Waals surface area contributed by atoms with Crippen molar-refractivity contribution >= 4 is 23.2 Å². The van der Waals surface area contributed by atoms with Crippen LogP contribution in [0.1, 0.15) is 26.3 Å². The Labute approximate surface area is 94.7 Å². The van der Waals surface area contributed by atoms with Crippen LogP contribution in [-0.2, 0) is 6.42 Å². The van der Waals surface area contributed by atoms with Crippen molar-refractivity contribution in [3.8, 4) is 5.75 Å². The summed E-state index contributed by atoms with van der Waals surface area (Å²) in [6.45, 7) is 6.42. The second kappa shape index (κ2) is 4.00. The molecule has 1 aromatic carbocycles. The Kier molecular flexibility index (Phi) is 3.33. The van der Waals surface area contributed by atoms with E-state index in [0.29, 0.717) is 10.0 Å². The molecule has 0 saturated heterocycles. The van der Waals surface area contributed by atoms with Gasteiger partial charge < -0.3 is 5.11 Å². The van der Waals surface area contributed by atoms with Crippen molar-refractivity contribution in [3.63, 3.8) is 0 Å². The van der Waals surface area contributed by atoms with Crippen LogP contribution in [-0.4, -0.2) is 5.11 Å². The second-order valence-electron chi connectivity index (χ2n) is 4.65. The highest BCUT2D eigenvalue weighted by Crippen LogP contribution is 2.34. The maximum absolute atomic E-state index is 9.37. The smallest absolute Gasteiger partial charge is 0.152 e. The van der Waals surface area contributed by atoms with E-state index < -0.39 is 0 Å². The molecule has 0 aliphatic heterocycles. The molecule has 0 spiro atoms. The number of phenolic OH excluding ortho intramolecular Hbond substituents is 1. The Morgan fingerprint density at radius 3 is 1.93 bits per heavy atom. The lowest BCUT2D eigenvalue weighted by molar-refractivity contribution is 0.410. The van der Waals surface area contributed by atoms with Gasteiger partial charge in [0.15, 0.2) is 5.75 Å². The summed E-state index contributed by atoms with van der Waals surface area (Å²) in [5.41, 5.74) is 1.23. The van der Waals surface area contributed by atoms with E-state index in [2.05, 4.69) is 20.8 Å². The highest BCUT2D eigenvalue weighted by molar-refractivity contribution is 6.37. The van der Waals surface area contributed by atoms with Crippen molar-refractivity contribution in [1.29, 1.82) is 0 Å². The first kappa shape index (κ1) is 11.7. The molecular formula is C11H14Cl2O. The van der Waals surface area contributed by atoms with E-state index in [0.717, 1.165) is 12.0 Å². The van der Waals surface area contributed by atoms with Gasteiger partial charge in [0.1, 0.15) is 0 Å². The van der Waals surface area contributed by atoms with Gasteiger partial charge in [-0.15, -0.1) is 0 Å². The van der Waals surface area contributed by atoms with Gasteiger partial charge in [0.05, 0.1) is 10.0 Å². The Morgan fingerprint density at radius 1 is 1.14 bits per heavy atom. The average Bonchev–Trinajstić information content (AvgIpc) is 1.96. The lowest BCUT2D eigenvalue weighted by atomic mass is 9.88. The molecule has 0 saturated carbocycles. The van der Waals surface area contributed by atoms with Crippen molar-refractivity contribution in [2.24, 2.45) is 5.41 Å². The van der Waals surface area contributed by atoms with Crippen LogP contribution in [0.5, 0.6) is 5.75 Å². The summed E-state index contributed by atoms with van der Waals surface area (Å²) in [5.74, 6) is -0.0361. The predicted molar refractivity (Wildman–Crippen MR) is 61.3 cm³/mol. The van der Waals surface area contributed by atoms with E-state index in [1.807, 2.05) is 0 Å². The molecule has 3 heteroatoms. The first-order valence-electron chi connectivity index (χ1n) is 4.46. The van der Waals surface area contributed by atoms with Crippen LogP contribution in [0.3, 0.4) is 0 Å². The number of hydrogen-bond acceptors (Lipinski definition) is 1. The summed E-state index contributed by atoms with van der Waals surface area (Å²) in [6, 6.07) is 3.52. The van der Waals surface area contributed by atoms with E-state index in [9.17, 15) is 5.11 Å². The fourth-order valence-electron chi connectivity index (χ4n) is 1.33. The first-order chi connectivity index (χ1) is 6.29. The van der Waals surface area contributed by atoms with E-state index in [1.165, 1.54) is 0 Å². The van der Waals surface area contributed by atoms with Gasteiger partial charge in [-0.25, -0.2) is 0 Å². The largest absolute Gasteiger partial charge is 0.505 e. The van der Waals surface area contributed by atoms with Crippen LogP contribution in [0.4, 0.5) is 0 Å². The monoisotopic (exact) mass is 232 g/mol. The van der Waals surface area contributed by atoms with E-state index in [4.69, 9.17) is 23.2 Å². The Hall–Kier alpha value is -0.400. The van der Waals surface area contributed by atoms with Gasteiger partial charge in [0.2, 0.25) is 0 Å². The third-order valence-electron chi connectivity index (χ3n) is 1.81. The van der Waals surface area contributed by atoms with Gasteiger partial charge in [0, 0.05) is 0 Å². The molecule has 0 atom stereocenters. The molecule has 78 valence electrons. The van der Waals surface area contributed by atoms with Crippen LogP contribution in [0, 0.1) is 5.41 Å². The molecular weight excluding hydrogens is 219 g/mol. The predicted octanol–water partition coefficient (Wildman–Crippen LogP) is 4.29. The SMILES string of the molecule is CC(C)(C)Cc1cc(Cl)c(O)c(Cl)c1. The minimum atomic E-state index is -0.0361. The molecule has 0 heterocycles. The maximum Gasteiger partial charge on any atom is 0.152 e. The highest BCUT2D eigenvalue weighted by atomic mass is 35.5. The summed E-state index contributed by atoms with van der Waals surface area (Å²) in [5, 5.41) is 10.00. The Morgan fingerprint density at radius 2 is 1.57 bits per heavy atom. The van der Waals surface area contributed by atoms with Gasteiger partial charge in [-0.05, 0) is 29.5 Å². The molecule has 0 unspecified atom stereocenters. The fourth-order valence-corrected chi connectivity index (χ4v) is 1.86. The van der Waals surface area contributed by atoms with Crippen molar-refractivity contribution in [1.82, 2.24) is 0 Å². The van der Waals surface area contributed by atoms with E-state index in [1.54, 1.807) is 12.1 Å². The average molecular weight is 233 g/mol. The Balaban J connectivity index is 3.02. The van der Waals surface area contributed by atoms with Crippen LogP contribution in [0.25, 0.3) is 0 Å². The van der Waals surface area contributed by atoms with Gasteiger partial charge in [-0.2, -0.15) is 0 Å². The van der Waals surface area contributed by atoms with Crippen LogP contribution < -0.4 is 0 Å². The third kappa shape index (κ3) is 3.07. The van der Waals surface area contributed by atoms with Crippen molar-refractivity contribution in [3.05, 3.63) is 27.7 Å². The summed E-state index contributed by atoms with van der Waals surface area (Å²) in [6.07, 6.45) is 0.882. The zero-order valence-corrected chi connectivity index (χ0v) is 10.1. The number of benzene rings is 1. The van der Waals surface area contributed by atoms with Crippen LogP contribution in [0.15, 0.2) is 12.1 Å². The molecule has 0 fully saturated rings. The molecule has 0 aliphatic carbocycles. The standard InChI is InChI=1S/C11H14Cl2O/c1-11(2,3)6-7-4-8(12)10(14)9(13)5-7/h4-5,14H,6H2,1-3H3. The number of phenols is 1. The van der Waals surface area contributed by atoms with Crippen molar-refractivity contribution in [2.45, 2.75) is 27.2 Å². The minimum absolute atomic E-state index is 0.0361. The summed E-state index contributed by atoms with van der Waals surface area (Å²) in [4.78, 5) is 0. The number of halogens is 2.